The number of nitrogens with zero attached hydrogens (tertiary/aromatic N) is 3. The predicted octanol–water partition coefficient (Wildman–Crippen LogP) is 6.29. The molecule has 2 aliphatic rings. The van der Waals surface area contributed by atoms with Gasteiger partial charge in [-0.3, -0.25) is 14.5 Å². The normalized spacial score (nSPS) is 19.2. The van der Waals surface area contributed by atoms with Gasteiger partial charge in [-0.2, -0.15) is 10.5 Å². The van der Waals surface area contributed by atoms with Gasteiger partial charge in [0.2, 0.25) is 11.3 Å². The fourth-order valence-corrected chi connectivity index (χ4v) is 6.15. The van der Waals surface area contributed by atoms with Crippen LogP contribution in [0.15, 0.2) is 115 Å². The molecule has 5 nitrogen and oxygen atoms in total. The fraction of sp³-hybridized carbons (Fsp3) is 0.118. The monoisotopic (exact) mass is 523 g/mol. The molecule has 0 fully saturated rings. The van der Waals surface area contributed by atoms with Gasteiger partial charge in [-0.05, 0) is 58.5 Å². The Morgan fingerprint density at radius 2 is 1.30 bits per heavy atom. The average Bonchev–Trinajstić information content (AvgIpc) is 3.23. The Morgan fingerprint density at radius 3 is 1.88 bits per heavy atom. The number of carbonyl (C=O) groups excluding carboxylic acids is 2. The maximum absolute atomic E-state index is 15.0. The van der Waals surface area contributed by atoms with Crippen LogP contribution < -0.4 is 4.90 Å². The molecule has 0 saturated heterocycles. The highest BCUT2D eigenvalue weighted by Gasteiger charge is 2.69. The molecule has 0 radical (unpaired) electrons. The van der Waals surface area contributed by atoms with Crippen molar-refractivity contribution in [1.82, 2.24) is 0 Å². The van der Waals surface area contributed by atoms with Crippen LogP contribution in [0.4, 0.5) is 10.1 Å². The SMILES string of the molecule is N#CC1(C#N)C(=O)C=C(c2ccc(F)cc2)C[C@]12C(=O)N(C(c1ccccc1)c1ccccc1)c1ccccc12. The predicted molar refractivity (Wildman–Crippen MR) is 148 cm³/mol. The van der Waals surface area contributed by atoms with Crippen LogP contribution in [0.5, 0.6) is 0 Å². The third-order valence-electron chi connectivity index (χ3n) is 8.02. The van der Waals surface area contributed by atoms with E-state index in [1.807, 2.05) is 72.8 Å². The maximum atomic E-state index is 15.0. The molecule has 1 heterocycles. The number of benzene rings is 4. The standard InChI is InChI=1S/C34H22FN3O2/c35-27-17-15-23(16-18-27)26-19-30(39)33(21-36,22-37)34(20-26)28-13-7-8-14-29(28)38(32(34)40)31(24-9-3-1-4-10-24)25-11-5-2-6-12-25/h1-19,31H,20H2/t34-/m0/s1. The topological polar surface area (TPSA) is 85.0 Å². The summed E-state index contributed by atoms with van der Waals surface area (Å²) in [5.74, 6) is -1.70. The lowest BCUT2D eigenvalue weighted by Gasteiger charge is -2.41. The summed E-state index contributed by atoms with van der Waals surface area (Å²) in [6, 6.07) is 35.1. The van der Waals surface area contributed by atoms with Crippen molar-refractivity contribution >= 4 is 23.0 Å². The summed E-state index contributed by atoms with van der Waals surface area (Å²) < 4.78 is 13.7. The lowest BCUT2D eigenvalue weighted by molar-refractivity contribution is -0.133. The fourth-order valence-electron chi connectivity index (χ4n) is 6.15. The van der Waals surface area contributed by atoms with Gasteiger partial charge < -0.3 is 0 Å². The highest BCUT2D eigenvalue weighted by molar-refractivity contribution is 6.19. The van der Waals surface area contributed by atoms with Crippen molar-refractivity contribution in [3.63, 3.8) is 0 Å². The molecule has 0 unspecified atom stereocenters. The van der Waals surface area contributed by atoms with Crippen LogP contribution in [0.3, 0.4) is 0 Å². The van der Waals surface area contributed by atoms with E-state index in [2.05, 4.69) is 0 Å². The zero-order chi connectivity index (χ0) is 27.9. The van der Waals surface area contributed by atoms with Gasteiger partial charge in [0.15, 0.2) is 5.78 Å². The number of rotatable bonds is 4. The number of para-hydroxylation sites is 1. The Morgan fingerprint density at radius 1 is 0.750 bits per heavy atom. The summed E-state index contributed by atoms with van der Waals surface area (Å²) in [7, 11) is 0. The van der Waals surface area contributed by atoms with Crippen LogP contribution >= 0.6 is 0 Å². The van der Waals surface area contributed by atoms with Gasteiger partial charge in [0.05, 0.1) is 18.2 Å². The summed E-state index contributed by atoms with van der Waals surface area (Å²) >= 11 is 0. The minimum atomic E-state index is -2.30. The van der Waals surface area contributed by atoms with E-state index in [0.717, 1.165) is 11.1 Å². The summed E-state index contributed by atoms with van der Waals surface area (Å²) in [6.07, 6.45) is 1.18. The zero-order valence-electron chi connectivity index (χ0n) is 21.3. The van der Waals surface area contributed by atoms with E-state index in [0.29, 0.717) is 22.4 Å². The Kier molecular flexibility index (Phi) is 5.90. The van der Waals surface area contributed by atoms with Crippen LogP contribution in [-0.4, -0.2) is 11.7 Å². The molecule has 1 aliphatic carbocycles. The first-order valence-electron chi connectivity index (χ1n) is 12.8. The van der Waals surface area contributed by atoms with Gasteiger partial charge in [0, 0.05) is 5.69 Å². The van der Waals surface area contributed by atoms with Crippen LogP contribution in [0.1, 0.15) is 34.7 Å². The number of hydrogen-bond acceptors (Lipinski definition) is 4. The summed E-state index contributed by atoms with van der Waals surface area (Å²) in [5, 5.41) is 21.0. The number of carbonyl (C=O) groups is 2. The highest BCUT2D eigenvalue weighted by Crippen LogP contribution is 2.60. The Bertz CT molecular complexity index is 1700. The van der Waals surface area contributed by atoms with Crippen molar-refractivity contribution < 1.29 is 14.0 Å². The number of allylic oxidation sites excluding steroid dienone is 2. The van der Waals surface area contributed by atoms with E-state index in [4.69, 9.17) is 0 Å². The molecule has 0 saturated carbocycles. The number of fused-ring (bicyclic) bond motifs is 2. The molecule has 6 rings (SSSR count). The average molecular weight is 524 g/mol. The molecule has 4 aromatic rings. The maximum Gasteiger partial charge on any atom is 0.242 e. The smallest absolute Gasteiger partial charge is 0.242 e. The van der Waals surface area contributed by atoms with Crippen LogP contribution in [0, 0.1) is 33.9 Å². The molecule has 6 heteroatoms. The summed E-state index contributed by atoms with van der Waals surface area (Å²) in [5.41, 5.74) is -0.443. The van der Waals surface area contributed by atoms with E-state index in [1.54, 1.807) is 29.2 Å². The third-order valence-corrected chi connectivity index (χ3v) is 8.02. The van der Waals surface area contributed by atoms with Gasteiger partial charge in [0.25, 0.3) is 0 Å². The van der Waals surface area contributed by atoms with Gasteiger partial charge in [-0.1, -0.05) is 91.0 Å². The van der Waals surface area contributed by atoms with Gasteiger partial charge in [-0.25, -0.2) is 4.39 Å². The number of nitriles is 2. The quantitative estimate of drug-likeness (QED) is 0.315. The molecule has 1 spiro atoms. The molecule has 1 atom stereocenters. The highest BCUT2D eigenvalue weighted by atomic mass is 19.1. The molecule has 1 amide bonds. The van der Waals surface area contributed by atoms with Crippen molar-refractivity contribution in [2.45, 2.75) is 17.9 Å². The van der Waals surface area contributed by atoms with Crippen molar-refractivity contribution in [2.75, 3.05) is 4.90 Å². The van der Waals surface area contributed by atoms with Gasteiger partial charge in [0.1, 0.15) is 11.2 Å². The molecule has 0 bridgehead atoms. The van der Waals surface area contributed by atoms with Gasteiger partial charge in [-0.15, -0.1) is 0 Å². The molecule has 192 valence electrons. The van der Waals surface area contributed by atoms with Crippen molar-refractivity contribution in [1.29, 1.82) is 10.5 Å². The summed E-state index contributed by atoms with van der Waals surface area (Å²) in [6.45, 7) is 0. The number of hydrogen-bond donors (Lipinski definition) is 0. The third kappa shape index (κ3) is 3.43. The van der Waals surface area contributed by atoms with Crippen LogP contribution in [0.2, 0.25) is 0 Å². The number of anilines is 1. The molecule has 40 heavy (non-hydrogen) atoms. The Balaban J connectivity index is 1.63. The molecule has 4 aromatic carbocycles. The minimum absolute atomic E-state index is 0.0753. The van der Waals surface area contributed by atoms with E-state index in [9.17, 15) is 19.7 Å². The van der Waals surface area contributed by atoms with Crippen molar-refractivity contribution in [3.05, 3.63) is 143 Å². The van der Waals surface area contributed by atoms with Crippen molar-refractivity contribution in [2.24, 2.45) is 5.41 Å². The number of amides is 1. The largest absolute Gasteiger partial charge is 0.300 e. The first-order valence-corrected chi connectivity index (χ1v) is 12.8. The van der Waals surface area contributed by atoms with Crippen LogP contribution in [0.25, 0.3) is 5.57 Å². The Hall–Kier alpha value is -5.33. The second kappa shape index (κ2) is 9.45. The lowest BCUT2D eigenvalue weighted by Crippen LogP contribution is -2.57. The number of halogens is 1. The Labute approximate surface area is 231 Å². The zero-order valence-corrected chi connectivity index (χ0v) is 21.3. The number of ketones is 1. The summed E-state index contributed by atoms with van der Waals surface area (Å²) in [4.78, 5) is 30.4. The van der Waals surface area contributed by atoms with Gasteiger partial charge >= 0.3 is 0 Å². The van der Waals surface area contributed by atoms with E-state index in [-0.39, 0.29) is 6.42 Å². The second-order valence-corrected chi connectivity index (χ2v) is 10.0. The lowest BCUT2D eigenvalue weighted by atomic mass is 9.54. The van der Waals surface area contributed by atoms with E-state index >= 15 is 4.79 Å². The van der Waals surface area contributed by atoms with Crippen molar-refractivity contribution in [3.8, 4) is 12.1 Å². The molecular formula is C34H22FN3O2. The minimum Gasteiger partial charge on any atom is -0.300 e. The molecule has 0 aromatic heterocycles. The second-order valence-electron chi connectivity index (χ2n) is 10.0. The van der Waals surface area contributed by atoms with E-state index < -0.39 is 34.4 Å². The molecular weight excluding hydrogens is 501 g/mol. The molecule has 0 N–H and O–H groups in total. The first kappa shape index (κ1) is 25.0. The van der Waals surface area contributed by atoms with Crippen LogP contribution in [-0.2, 0) is 15.0 Å². The van der Waals surface area contributed by atoms with E-state index in [1.165, 1.54) is 30.3 Å². The molecule has 1 aliphatic heterocycles. The first-order chi connectivity index (χ1) is 19.5.